The molecule has 0 aromatic heterocycles. The maximum atomic E-state index is 3.42. The third kappa shape index (κ3) is 3.25. The van der Waals surface area contributed by atoms with Crippen LogP contribution in [0.2, 0.25) is 0 Å². The van der Waals surface area contributed by atoms with Gasteiger partial charge >= 0.3 is 0 Å². The second kappa shape index (κ2) is 5.57. The van der Waals surface area contributed by atoms with Crippen LogP contribution in [0.4, 0.5) is 0 Å². The molecule has 2 rings (SSSR count). The summed E-state index contributed by atoms with van der Waals surface area (Å²) in [4.78, 5) is 0. The van der Waals surface area contributed by atoms with Gasteiger partial charge in [0, 0.05) is 5.75 Å². The minimum atomic E-state index is 0.902. The van der Waals surface area contributed by atoms with Crippen molar-refractivity contribution in [2.75, 3.05) is 18.8 Å². The van der Waals surface area contributed by atoms with Crippen molar-refractivity contribution < 1.29 is 0 Å². The fourth-order valence-electron chi connectivity index (χ4n) is 1.96. The van der Waals surface area contributed by atoms with Gasteiger partial charge in [-0.05, 0) is 49.2 Å². The van der Waals surface area contributed by atoms with Crippen LogP contribution in [0.3, 0.4) is 0 Å². The van der Waals surface area contributed by atoms with Gasteiger partial charge in [-0.2, -0.15) is 11.8 Å². The van der Waals surface area contributed by atoms with Gasteiger partial charge in [0.15, 0.2) is 0 Å². The van der Waals surface area contributed by atoms with Gasteiger partial charge in [-0.25, -0.2) is 0 Å². The van der Waals surface area contributed by atoms with Crippen molar-refractivity contribution in [1.82, 2.24) is 5.32 Å². The molecule has 1 unspecified atom stereocenters. The van der Waals surface area contributed by atoms with Crippen LogP contribution >= 0.6 is 11.8 Å². The highest BCUT2D eigenvalue weighted by Crippen LogP contribution is 2.20. The molecule has 1 aromatic rings. The van der Waals surface area contributed by atoms with E-state index in [-0.39, 0.29) is 0 Å². The average molecular weight is 221 g/mol. The number of benzene rings is 1. The lowest BCUT2D eigenvalue weighted by Crippen LogP contribution is -2.10. The van der Waals surface area contributed by atoms with Crippen molar-refractivity contribution in [3.8, 4) is 0 Å². The lowest BCUT2D eigenvalue weighted by Gasteiger charge is -2.09. The molecule has 1 N–H and O–H groups in total. The van der Waals surface area contributed by atoms with Crippen molar-refractivity contribution in [2.45, 2.75) is 19.1 Å². The topological polar surface area (TPSA) is 12.0 Å². The lowest BCUT2D eigenvalue weighted by atomic mass is 10.1. The number of rotatable bonds is 4. The van der Waals surface area contributed by atoms with Crippen LogP contribution in [0, 0.1) is 12.8 Å². The standard InChI is InChI=1S/C13H19NS/c1-11-4-2-3-5-13(11)10-15-9-12-6-7-14-8-12/h2-5,12,14H,6-10H2,1H3. The molecule has 1 aliphatic heterocycles. The van der Waals surface area contributed by atoms with Crippen LogP contribution in [0.1, 0.15) is 17.5 Å². The molecule has 0 aliphatic carbocycles. The highest BCUT2D eigenvalue weighted by Gasteiger charge is 2.13. The van der Waals surface area contributed by atoms with Gasteiger partial charge in [-0.15, -0.1) is 0 Å². The Morgan fingerprint density at radius 3 is 3.00 bits per heavy atom. The Morgan fingerprint density at radius 2 is 2.27 bits per heavy atom. The summed E-state index contributed by atoms with van der Waals surface area (Å²) >= 11 is 2.08. The molecule has 0 radical (unpaired) electrons. The average Bonchev–Trinajstić information content (AvgIpc) is 2.74. The van der Waals surface area contributed by atoms with Crippen LogP contribution in [-0.2, 0) is 5.75 Å². The molecule has 15 heavy (non-hydrogen) atoms. The molecule has 1 fully saturated rings. The summed E-state index contributed by atoms with van der Waals surface area (Å²) in [7, 11) is 0. The van der Waals surface area contributed by atoms with Gasteiger partial charge in [0.1, 0.15) is 0 Å². The van der Waals surface area contributed by atoms with Crippen LogP contribution < -0.4 is 5.32 Å². The lowest BCUT2D eigenvalue weighted by molar-refractivity contribution is 0.662. The van der Waals surface area contributed by atoms with E-state index in [2.05, 4.69) is 48.3 Å². The number of hydrogen-bond donors (Lipinski definition) is 1. The number of thioether (sulfide) groups is 1. The molecule has 1 atom stereocenters. The summed E-state index contributed by atoms with van der Waals surface area (Å²) in [5.74, 6) is 3.38. The molecule has 1 aromatic carbocycles. The SMILES string of the molecule is Cc1ccccc1CSCC1CCNC1. The van der Waals surface area contributed by atoms with Crippen LogP contribution in [-0.4, -0.2) is 18.8 Å². The molecular weight excluding hydrogens is 202 g/mol. The Balaban J connectivity index is 1.75. The molecule has 0 spiro atoms. The molecule has 82 valence electrons. The first-order valence-corrected chi connectivity index (χ1v) is 6.84. The van der Waals surface area contributed by atoms with E-state index in [1.54, 1.807) is 0 Å². The first-order valence-electron chi connectivity index (χ1n) is 5.69. The zero-order chi connectivity index (χ0) is 10.5. The second-order valence-electron chi connectivity index (χ2n) is 4.30. The molecule has 1 heterocycles. The van der Waals surface area contributed by atoms with E-state index in [9.17, 15) is 0 Å². The third-order valence-electron chi connectivity index (χ3n) is 3.03. The largest absolute Gasteiger partial charge is 0.316 e. The van der Waals surface area contributed by atoms with Crippen LogP contribution in [0.25, 0.3) is 0 Å². The smallest absolute Gasteiger partial charge is 0.0187 e. The van der Waals surface area contributed by atoms with Crippen molar-refractivity contribution >= 4 is 11.8 Å². The van der Waals surface area contributed by atoms with Crippen molar-refractivity contribution in [2.24, 2.45) is 5.92 Å². The predicted octanol–water partition coefficient (Wildman–Crippen LogP) is 2.84. The van der Waals surface area contributed by atoms with Gasteiger partial charge in [-0.3, -0.25) is 0 Å². The number of nitrogens with one attached hydrogen (secondary N) is 1. The minimum Gasteiger partial charge on any atom is -0.316 e. The van der Waals surface area contributed by atoms with Gasteiger partial charge in [-0.1, -0.05) is 24.3 Å². The molecule has 0 bridgehead atoms. The summed E-state index contributed by atoms with van der Waals surface area (Å²) in [6.07, 6.45) is 1.36. The highest BCUT2D eigenvalue weighted by atomic mass is 32.2. The van der Waals surface area contributed by atoms with Gasteiger partial charge in [0.25, 0.3) is 0 Å². The van der Waals surface area contributed by atoms with E-state index >= 15 is 0 Å². The zero-order valence-electron chi connectivity index (χ0n) is 9.33. The van der Waals surface area contributed by atoms with Crippen LogP contribution in [0.5, 0.6) is 0 Å². The molecule has 2 heteroatoms. The van der Waals surface area contributed by atoms with E-state index in [0.717, 1.165) is 5.92 Å². The number of aryl methyl sites for hydroxylation is 1. The molecular formula is C13H19NS. The van der Waals surface area contributed by atoms with Gasteiger partial charge < -0.3 is 5.32 Å². The molecule has 1 nitrogen and oxygen atoms in total. The Hall–Kier alpha value is -0.470. The summed E-state index contributed by atoms with van der Waals surface area (Å²) in [6, 6.07) is 8.70. The highest BCUT2D eigenvalue weighted by molar-refractivity contribution is 7.98. The Labute approximate surface area is 96.7 Å². The summed E-state index contributed by atoms with van der Waals surface area (Å²) < 4.78 is 0. The normalized spacial score (nSPS) is 20.7. The third-order valence-corrected chi connectivity index (χ3v) is 4.26. The Morgan fingerprint density at radius 1 is 1.40 bits per heavy atom. The van der Waals surface area contributed by atoms with Gasteiger partial charge in [0.2, 0.25) is 0 Å². The van der Waals surface area contributed by atoms with E-state index < -0.39 is 0 Å². The van der Waals surface area contributed by atoms with E-state index in [4.69, 9.17) is 0 Å². The maximum absolute atomic E-state index is 3.42. The number of hydrogen-bond acceptors (Lipinski definition) is 2. The Bertz CT molecular complexity index is 305. The molecule has 1 saturated heterocycles. The van der Waals surface area contributed by atoms with Crippen LogP contribution in [0.15, 0.2) is 24.3 Å². The maximum Gasteiger partial charge on any atom is 0.0187 e. The first kappa shape index (κ1) is 11.0. The molecule has 0 amide bonds. The summed E-state index contributed by atoms with van der Waals surface area (Å²) in [5.41, 5.74) is 2.92. The molecule has 0 saturated carbocycles. The monoisotopic (exact) mass is 221 g/mol. The van der Waals surface area contributed by atoms with E-state index in [1.807, 2.05) is 0 Å². The van der Waals surface area contributed by atoms with Crippen molar-refractivity contribution in [3.05, 3.63) is 35.4 Å². The molecule has 1 aliphatic rings. The summed E-state index contributed by atoms with van der Waals surface area (Å²) in [6.45, 7) is 4.64. The second-order valence-corrected chi connectivity index (χ2v) is 5.33. The fraction of sp³-hybridized carbons (Fsp3) is 0.538. The first-order chi connectivity index (χ1) is 7.36. The van der Waals surface area contributed by atoms with E-state index in [1.165, 1.54) is 42.1 Å². The quantitative estimate of drug-likeness (QED) is 0.839. The zero-order valence-corrected chi connectivity index (χ0v) is 10.1. The van der Waals surface area contributed by atoms with E-state index in [0.29, 0.717) is 0 Å². The fourth-order valence-corrected chi connectivity index (χ4v) is 3.24. The Kier molecular flexibility index (Phi) is 4.09. The minimum absolute atomic E-state index is 0.902. The van der Waals surface area contributed by atoms with Crippen molar-refractivity contribution in [3.63, 3.8) is 0 Å². The van der Waals surface area contributed by atoms with Crippen molar-refractivity contribution in [1.29, 1.82) is 0 Å². The summed E-state index contributed by atoms with van der Waals surface area (Å²) in [5, 5.41) is 3.42. The van der Waals surface area contributed by atoms with Gasteiger partial charge in [0.05, 0.1) is 0 Å². The predicted molar refractivity (Wildman–Crippen MR) is 68.3 cm³/mol.